The Morgan fingerprint density at radius 1 is 1.14 bits per heavy atom. The average molecular weight is 492 g/mol. The molecule has 0 saturated carbocycles. The monoisotopic (exact) mass is 491 g/mol. The van der Waals surface area contributed by atoms with Crippen LogP contribution in [0.25, 0.3) is 0 Å². The molecule has 2 unspecified atom stereocenters. The molecule has 0 aromatic heterocycles. The number of aliphatic hydroxyl groups excluding tert-OH is 1. The summed E-state index contributed by atoms with van der Waals surface area (Å²) in [7, 11) is 0. The van der Waals surface area contributed by atoms with E-state index in [9.17, 15) is 24.3 Å². The van der Waals surface area contributed by atoms with E-state index in [0.717, 1.165) is 0 Å². The van der Waals surface area contributed by atoms with E-state index in [-0.39, 0.29) is 32.8 Å². The zero-order chi connectivity index (χ0) is 26.4. The molecular formula is C23H33N5O7. The molecule has 12 nitrogen and oxygen atoms in total. The van der Waals surface area contributed by atoms with Gasteiger partial charge in [0.15, 0.2) is 6.10 Å². The predicted octanol–water partition coefficient (Wildman–Crippen LogP) is 0.320. The zero-order valence-electron chi connectivity index (χ0n) is 19.8. The van der Waals surface area contributed by atoms with E-state index in [1.165, 1.54) is 0 Å². The molecule has 0 saturated heterocycles. The van der Waals surface area contributed by atoms with Crippen LogP contribution < -0.4 is 27.4 Å². The lowest BCUT2D eigenvalue weighted by atomic mass is 10.0. The second-order valence-corrected chi connectivity index (χ2v) is 7.92. The van der Waals surface area contributed by atoms with Crippen LogP contribution in [0.3, 0.4) is 0 Å². The number of carbonyl (C=O) groups excluding carboxylic acids is 4. The third kappa shape index (κ3) is 10.8. The minimum Gasteiger partial charge on any atom is -0.436 e. The molecule has 8 N–H and O–H groups in total. The molecule has 1 rings (SSSR count). The minimum atomic E-state index is -1.20. The molecule has 0 radical (unpaired) electrons. The molecule has 0 bridgehead atoms. The van der Waals surface area contributed by atoms with Gasteiger partial charge in [-0.25, -0.2) is 9.59 Å². The fourth-order valence-electron chi connectivity index (χ4n) is 3.10. The first-order valence-electron chi connectivity index (χ1n) is 10.9. The minimum absolute atomic E-state index is 0.0826. The molecule has 192 valence electrons. The summed E-state index contributed by atoms with van der Waals surface area (Å²) in [5.41, 5.74) is 11.7. The Bertz CT molecular complexity index is 929. The molecular weight excluding hydrogens is 458 g/mol. The molecule has 0 aliphatic carbocycles. The van der Waals surface area contributed by atoms with Crippen LogP contribution in [0, 0.1) is 18.3 Å². The number of amides is 5. The third-order valence-corrected chi connectivity index (χ3v) is 4.80. The predicted molar refractivity (Wildman–Crippen MR) is 128 cm³/mol. The van der Waals surface area contributed by atoms with Crippen molar-refractivity contribution >= 4 is 29.6 Å². The molecule has 1 aromatic rings. The Balaban J connectivity index is 3.02. The number of hydrogen-bond acceptors (Lipinski definition) is 7. The van der Waals surface area contributed by atoms with Gasteiger partial charge in [-0.05, 0) is 42.0 Å². The largest absolute Gasteiger partial charge is 0.436 e. The Kier molecular flexibility index (Phi) is 12.6. The van der Waals surface area contributed by atoms with Gasteiger partial charge in [0, 0.05) is 12.2 Å². The fraction of sp³-hybridized carbons (Fsp3) is 0.478. The molecule has 0 fully saturated rings. The van der Waals surface area contributed by atoms with Crippen molar-refractivity contribution < 1.29 is 33.8 Å². The average Bonchev–Trinajstić information content (AvgIpc) is 2.79. The van der Waals surface area contributed by atoms with Gasteiger partial charge in [0.2, 0.25) is 5.91 Å². The van der Waals surface area contributed by atoms with Gasteiger partial charge < -0.3 is 42.0 Å². The van der Waals surface area contributed by atoms with Crippen LogP contribution in [-0.4, -0.2) is 54.3 Å². The summed E-state index contributed by atoms with van der Waals surface area (Å²) < 4.78 is 10.2. The normalized spacial score (nSPS) is 12.2. The second-order valence-electron chi connectivity index (χ2n) is 7.92. The highest BCUT2D eigenvalue weighted by Gasteiger charge is 2.30. The van der Waals surface area contributed by atoms with Crippen molar-refractivity contribution in [2.45, 2.75) is 52.0 Å². The van der Waals surface area contributed by atoms with Gasteiger partial charge in [-0.1, -0.05) is 25.8 Å². The Hall–Kier alpha value is -3.82. The van der Waals surface area contributed by atoms with Gasteiger partial charge in [0.1, 0.15) is 12.6 Å². The summed E-state index contributed by atoms with van der Waals surface area (Å²) in [6.07, 6.45) is 3.33. The quantitative estimate of drug-likeness (QED) is 0.159. The van der Waals surface area contributed by atoms with Crippen molar-refractivity contribution in [3.05, 3.63) is 29.3 Å². The topological polar surface area (TPSA) is 195 Å². The number of rotatable bonds is 14. The number of anilines is 1. The van der Waals surface area contributed by atoms with Crippen LogP contribution in [0.2, 0.25) is 0 Å². The van der Waals surface area contributed by atoms with Crippen LogP contribution in [0.5, 0.6) is 0 Å². The first-order valence-corrected chi connectivity index (χ1v) is 10.9. The summed E-state index contributed by atoms with van der Waals surface area (Å²) in [6.45, 7) is 3.48. The van der Waals surface area contributed by atoms with Crippen molar-refractivity contribution in [1.82, 2.24) is 10.6 Å². The van der Waals surface area contributed by atoms with Gasteiger partial charge in [0.25, 0.3) is 5.91 Å². The summed E-state index contributed by atoms with van der Waals surface area (Å²) in [5, 5.41) is 17.2. The fourth-order valence-corrected chi connectivity index (χ4v) is 3.10. The Morgan fingerprint density at radius 3 is 2.43 bits per heavy atom. The molecule has 0 aliphatic heterocycles. The van der Waals surface area contributed by atoms with Gasteiger partial charge >= 0.3 is 12.1 Å². The first-order chi connectivity index (χ1) is 16.6. The summed E-state index contributed by atoms with van der Waals surface area (Å²) >= 11 is 0. The number of primary amides is 2. The van der Waals surface area contributed by atoms with Gasteiger partial charge in [-0.2, -0.15) is 0 Å². The molecule has 0 heterocycles. The van der Waals surface area contributed by atoms with E-state index in [1.807, 2.05) is 0 Å². The smallest absolute Gasteiger partial charge is 0.405 e. The summed E-state index contributed by atoms with van der Waals surface area (Å²) in [6, 6.07) is 3.10. The lowest BCUT2D eigenvalue weighted by molar-refractivity contribution is -0.134. The number of benzene rings is 1. The number of urea groups is 1. The Morgan fingerprint density at radius 2 is 1.86 bits per heavy atom. The van der Waals surface area contributed by atoms with Crippen molar-refractivity contribution in [2.24, 2.45) is 17.4 Å². The van der Waals surface area contributed by atoms with E-state index in [1.54, 1.807) is 32.0 Å². The molecule has 35 heavy (non-hydrogen) atoms. The Labute approximate surface area is 204 Å². The SMILES string of the molecule is C#CCOCc1cc(NC(=O)C(CCCNC(N)=O)NC(=O)C(OC(N)=O)C(C)C)ccc1CO. The van der Waals surface area contributed by atoms with Crippen LogP contribution >= 0.6 is 0 Å². The molecule has 5 amide bonds. The molecule has 2 atom stereocenters. The van der Waals surface area contributed by atoms with Crippen molar-refractivity contribution in [3.8, 4) is 12.3 Å². The second kappa shape index (κ2) is 15.2. The van der Waals surface area contributed by atoms with E-state index < -0.39 is 42.0 Å². The number of terminal acetylenes is 1. The third-order valence-electron chi connectivity index (χ3n) is 4.80. The van der Waals surface area contributed by atoms with Gasteiger partial charge in [-0.3, -0.25) is 9.59 Å². The number of aliphatic hydroxyl groups is 1. The summed E-state index contributed by atoms with van der Waals surface area (Å²) in [4.78, 5) is 47.9. The lowest BCUT2D eigenvalue weighted by Crippen LogP contribution is -2.50. The van der Waals surface area contributed by atoms with E-state index >= 15 is 0 Å². The number of hydrogen-bond donors (Lipinski definition) is 6. The van der Waals surface area contributed by atoms with Gasteiger partial charge in [-0.15, -0.1) is 6.42 Å². The molecule has 0 aliphatic rings. The number of ether oxygens (including phenoxy) is 2. The maximum Gasteiger partial charge on any atom is 0.405 e. The standard InChI is InChI=1S/C23H33N5O7/c1-4-10-34-13-16-11-17(8-7-15(16)12-29)27-20(30)18(6-5-9-26-22(24)32)28-21(31)19(14(2)3)35-23(25)33/h1,7-8,11,14,18-19,29H,5-6,9-10,12-13H2,2-3H3,(H2,25,33)(H,27,30)(H,28,31)(H3,24,26,32). The number of nitrogens with one attached hydrogen (secondary N) is 3. The lowest BCUT2D eigenvalue weighted by Gasteiger charge is -2.24. The molecule has 1 aromatic carbocycles. The van der Waals surface area contributed by atoms with Gasteiger partial charge in [0.05, 0.1) is 13.2 Å². The maximum absolute atomic E-state index is 13.0. The summed E-state index contributed by atoms with van der Waals surface area (Å²) in [5.74, 6) is 0.701. The van der Waals surface area contributed by atoms with E-state index in [0.29, 0.717) is 23.2 Å². The van der Waals surface area contributed by atoms with Crippen molar-refractivity contribution in [1.29, 1.82) is 0 Å². The van der Waals surface area contributed by atoms with Crippen molar-refractivity contribution in [2.75, 3.05) is 18.5 Å². The highest BCUT2D eigenvalue weighted by molar-refractivity contribution is 5.98. The number of nitrogens with two attached hydrogens (primary N) is 2. The highest BCUT2D eigenvalue weighted by atomic mass is 16.6. The van der Waals surface area contributed by atoms with Crippen LogP contribution in [0.1, 0.15) is 37.8 Å². The highest BCUT2D eigenvalue weighted by Crippen LogP contribution is 2.18. The van der Waals surface area contributed by atoms with Crippen LogP contribution in [0.4, 0.5) is 15.3 Å². The van der Waals surface area contributed by atoms with E-state index in [2.05, 4.69) is 21.9 Å². The number of carbonyl (C=O) groups is 4. The first kappa shape index (κ1) is 29.2. The van der Waals surface area contributed by atoms with Crippen molar-refractivity contribution in [3.63, 3.8) is 0 Å². The zero-order valence-corrected chi connectivity index (χ0v) is 19.8. The van der Waals surface area contributed by atoms with Crippen LogP contribution in [-0.2, 0) is 32.3 Å². The maximum atomic E-state index is 13.0. The van der Waals surface area contributed by atoms with Crippen LogP contribution in [0.15, 0.2) is 18.2 Å². The van der Waals surface area contributed by atoms with E-state index in [4.69, 9.17) is 27.4 Å². The molecule has 0 spiro atoms. The molecule has 12 heteroatoms.